The van der Waals surface area contributed by atoms with E-state index in [0.29, 0.717) is 0 Å². The Morgan fingerprint density at radius 2 is 2.25 bits per heavy atom. The summed E-state index contributed by atoms with van der Waals surface area (Å²) in [6, 6.07) is 5.89. The minimum atomic E-state index is 0. The van der Waals surface area contributed by atoms with Gasteiger partial charge in [-0.1, -0.05) is 6.07 Å². The van der Waals surface area contributed by atoms with Gasteiger partial charge in [-0.15, -0.1) is 12.4 Å². The molecule has 5 nitrogen and oxygen atoms in total. The van der Waals surface area contributed by atoms with E-state index in [1.807, 2.05) is 18.2 Å². The fourth-order valence-electron chi connectivity index (χ4n) is 1.52. The van der Waals surface area contributed by atoms with Crippen molar-refractivity contribution in [2.75, 3.05) is 18.4 Å². The van der Waals surface area contributed by atoms with E-state index in [1.54, 1.807) is 0 Å². The first-order chi connectivity index (χ1) is 7.43. The molecule has 84 valence electrons. The van der Waals surface area contributed by atoms with Gasteiger partial charge in [0, 0.05) is 6.54 Å². The van der Waals surface area contributed by atoms with Crippen molar-refractivity contribution in [2.24, 2.45) is 4.99 Å². The Morgan fingerprint density at radius 3 is 3.06 bits per heavy atom. The molecule has 2 aromatic rings. The van der Waals surface area contributed by atoms with Crippen LogP contribution in [0.15, 0.2) is 23.2 Å². The zero-order valence-corrected chi connectivity index (χ0v) is 9.94. The lowest BCUT2D eigenvalue weighted by Gasteiger charge is -2.05. The number of nitrogens with zero attached hydrogens (tertiary/aromatic N) is 3. The molecule has 0 unspecified atom stereocenters. The number of hydrogen-bond donors (Lipinski definition) is 2. The fraction of sp³-hybridized carbons (Fsp3) is 0.222. The normalized spacial score (nSPS) is 14.1. The average molecular weight is 256 g/mol. The van der Waals surface area contributed by atoms with Crippen LogP contribution in [0.5, 0.6) is 0 Å². The number of aliphatic imine (C=N–C) groups is 1. The largest absolute Gasteiger partial charge is 0.354 e. The molecule has 0 saturated carbocycles. The zero-order chi connectivity index (χ0) is 10.1. The van der Waals surface area contributed by atoms with Gasteiger partial charge >= 0.3 is 0 Å². The predicted octanol–water partition coefficient (Wildman–Crippen LogP) is 1.48. The van der Waals surface area contributed by atoms with Gasteiger partial charge in [-0.25, -0.2) is 0 Å². The molecule has 0 radical (unpaired) electrons. The SMILES string of the molecule is Cl.c1cc(NC2=NCCN2)c2nsnc2c1. The van der Waals surface area contributed by atoms with Gasteiger partial charge in [0.25, 0.3) is 0 Å². The fourth-order valence-corrected chi connectivity index (χ4v) is 2.07. The van der Waals surface area contributed by atoms with Crippen LogP contribution >= 0.6 is 24.1 Å². The van der Waals surface area contributed by atoms with Crippen molar-refractivity contribution in [1.29, 1.82) is 0 Å². The number of halogens is 1. The molecule has 7 heteroatoms. The Kier molecular flexibility index (Phi) is 3.21. The summed E-state index contributed by atoms with van der Waals surface area (Å²) in [6.45, 7) is 1.72. The van der Waals surface area contributed by atoms with Crippen LogP contribution in [0.2, 0.25) is 0 Å². The summed E-state index contributed by atoms with van der Waals surface area (Å²) in [4.78, 5) is 4.27. The number of anilines is 1. The average Bonchev–Trinajstić information content (AvgIpc) is 2.87. The van der Waals surface area contributed by atoms with E-state index in [1.165, 1.54) is 11.7 Å². The Bertz CT molecular complexity index is 523. The molecule has 0 bridgehead atoms. The lowest BCUT2D eigenvalue weighted by atomic mass is 10.2. The minimum Gasteiger partial charge on any atom is -0.354 e. The Labute approximate surface area is 103 Å². The maximum absolute atomic E-state index is 4.27. The molecule has 0 atom stereocenters. The van der Waals surface area contributed by atoms with Gasteiger partial charge in [0.05, 0.1) is 24.0 Å². The van der Waals surface area contributed by atoms with Crippen molar-refractivity contribution in [3.8, 4) is 0 Å². The summed E-state index contributed by atoms with van der Waals surface area (Å²) in [7, 11) is 0. The van der Waals surface area contributed by atoms with E-state index in [2.05, 4.69) is 24.4 Å². The van der Waals surface area contributed by atoms with Gasteiger partial charge in [0.15, 0.2) is 5.96 Å². The third-order valence-corrected chi connectivity index (χ3v) is 2.76. The monoisotopic (exact) mass is 255 g/mol. The highest BCUT2D eigenvalue weighted by Gasteiger charge is 2.08. The van der Waals surface area contributed by atoms with Crippen LogP contribution in [0, 0.1) is 0 Å². The first-order valence-electron chi connectivity index (χ1n) is 4.70. The van der Waals surface area contributed by atoms with Crippen LogP contribution in [0.1, 0.15) is 0 Å². The van der Waals surface area contributed by atoms with Crippen LogP contribution in [0.3, 0.4) is 0 Å². The van der Waals surface area contributed by atoms with E-state index >= 15 is 0 Å². The molecule has 3 rings (SSSR count). The standard InChI is InChI=1S/C9H9N5S.ClH/c1-2-6(12-9-10-4-5-11-9)8-7(3-1)13-15-14-8;/h1-3H,4-5H2,(H2,10,11,12);1H. The number of aromatic nitrogens is 2. The van der Waals surface area contributed by atoms with Crippen molar-refractivity contribution in [3.63, 3.8) is 0 Å². The molecule has 2 N–H and O–H groups in total. The summed E-state index contributed by atoms with van der Waals surface area (Å²) in [5.41, 5.74) is 2.77. The number of nitrogens with one attached hydrogen (secondary N) is 2. The number of hydrogen-bond acceptors (Lipinski definition) is 6. The second-order valence-corrected chi connectivity index (χ2v) is 3.75. The molecule has 1 aliphatic rings. The summed E-state index contributed by atoms with van der Waals surface area (Å²) in [6.07, 6.45) is 0. The summed E-state index contributed by atoms with van der Waals surface area (Å²) in [5, 5.41) is 6.37. The molecule has 0 fully saturated rings. The van der Waals surface area contributed by atoms with Crippen molar-refractivity contribution in [3.05, 3.63) is 18.2 Å². The molecular formula is C9H10ClN5S. The number of benzene rings is 1. The summed E-state index contributed by atoms with van der Waals surface area (Å²) < 4.78 is 8.43. The van der Waals surface area contributed by atoms with Gasteiger partial charge < -0.3 is 10.6 Å². The van der Waals surface area contributed by atoms with Crippen LogP contribution in [0.25, 0.3) is 11.0 Å². The van der Waals surface area contributed by atoms with Crippen molar-refractivity contribution >= 4 is 46.8 Å². The van der Waals surface area contributed by atoms with Crippen LogP contribution in [-0.4, -0.2) is 27.8 Å². The molecule has 1 aromatic carbocycles. The quantitative estimate of drug-likeness (QED) is 0.810. The van der Waals surface area contributed by atoms with Gasteiger partial charge in [-0.3, -0.25) is 4.99 Å². The van der Waals surface area contributed by atoms with Gasteiger partial charge in [0.1, 0.15) is 11.0 Å². The van der Waals surface area contributed by atoms with Gasteiger partial charge in [-0.05, 0) is 12.1 Å². The van der Waals surface area contributed by atoms with Gasteiger partial charge in [0.2, 0.25) is 0 Å². The van der Waals surface area contributed by atoms with E-state index in [-0.39, 0.29) is 12.4 Å². The molecule has 0 spiro atoms. The Balaban J connectivity index is 0.000000963. The maximum atomic E-state index is 4.27. The van der Waals surface area contributed by atoms with Crippen LogP contribution < -0.4 is 10.6 Å². The van der Waals surface area contributed by atoms with Gasteiger partial charge in [-0.2, -0.15) is 8.75 Å². The van der Waals surface area contributed by atoms with Crippen molar-refractivity contribution in [2.45, 2.75) is 0 Å². The molecule has 1 aliphatic heterocycles. The number of rotatable bonds is 1. The van der Waals surface area contributed by atoms with E-state index in [4.69, 9.17) is 0 Å². The van der Waals surface area contributed by atoms with Crippen molar-refractivity contribution in [1.82, 2.24) is 14.1 Å². The molecule has 16 heavy (non-hydrogen) atoms. The molecule has 0 amide bonds. The molecule has 1 aromatic heterocycles. The van der Waals surface area contributed by atoms with Crippen molar-refractivity contribution < 1.29 is 0 Å². The summed E-state index contributed by atoms with van der Waals surface area (Å²) >= 11 is 1.22. The highest BCUT2D eigenvalue weighted by atomic mass is 35.5. The third-order valence-electron chi connectivity index (χ3n) is 2.21. The third kappa shape index (κ3) is 1.94. The second kappa shape index (κ2) is 4.63. The minimum absolute atomic E-state index is 0. The Morgan fingerprint density at radius 1 is 1.31 bits per heavy atom. The molecule has 0 saturated heterocycles. The van der Waals surface area contributed by atoms with Crippen LogP contribution in [0.4, 0.5) is 5.69 Å². The first kappa shape index (κ1) is 11.1. The predicted molar refractivity (Wildman–Crippen MR) is 68.6 cm³/mol. The van der Waals surface area contributed by atoms with Crippen LogP contribution in [-0.2, 0) is 0 Å². The number of fused-ring (bicyclic) bond motifs is 1. The smallest absolute Gasteiger partial charge is 0.195 e. The lowest BCUT2D eigenvalue weighted by Crippen LogP contribution is -2.26. The van der Waals surface area contributed by atoms with E-state index in [9.17, 15) is 0 Å². The van der Waals surface area contributed by atoms with E-state index in [0.717, 1.165) is 35.8 Å². The molecular weight excluding hydrogens is 246 g/mol. The van der Waals surface area contributed by atoms with E-state index < -0.39 is 0 Å². The maximum Gasteiger partial charge on any atom is 0.195 e. The number of guanidine groups is 1. The molecule has 0 aliphatic carbocycles. The zero-order valence-electron chi connectivity index (χ0n) is 8.30. The first-order valence-corrected chi connectivity index (χ1v) is 5.43. The highest BCUT2D eigenvalue weighted by Crippen LogP contribution is 2.20. The molecule has 2 heterocycles. The summed E-state index contributed by atoms with van der Waals surface area (Å²) in [5.74, 6) is 0.815. The Hall–Kier alpha value is -1.40. The highest BCUT2D eigenvalue weighted by molar-refractivity contribution is 7.00. The second-order valence-electron chi connectivity index (χ2n) is 3.22. The lowest BCUT2D eigenvalue weighted by molar-refractivity contribution is 0.959. The topological polar surface area (TPSA) is 62.2 Å².